The Bertz CT molecular complexity index is 361. The minimum Gasteiger partial charge on any atom is -0.494 e. The van der Waals surface area contributed by atoms with Gasteiger partial charge in [-0.1, -0.05) is 0 Å². The minimum atomic E-state index is -0.819. The monoisotopic (exact) mass is 237 g/mol. The van der Waals surface area contributed by atoms with Crippen molar-refractivity contribution in [2.75, 3.05) is 18.1 Å². The molecule has 1 rings (SSSR count). The molecule has 0 saturated heterocycles. The summed E-state index contributed by atoms with van der Waals surface area (Å²) in [6.45, 7) is 6.83. The predicted molar refractivity (Wildman–Crippen MR) is 67.7 cm³/mol. The van der Waals surface area contributed by atoms with Crippen molar-refractivity contribution in [1.29, 1.82) is 0 Å². The number of carboxylic acids is 1. The van der Waals surface area contributed by atoms with Gasteiger partial charge in [-0.2, -0.15) is 0 Å². The molecular formula is C13H19NO3. The molecule has 0 unspecified atom stereocenters. The molecule has 1 N–H and O–H groups in total. The number of likely N-dealkylation sites (N-methyl/N-ethyl adjacent to an activating group) is 1. The summed E-state index contributed by atoms with van der Waals surface area (Å²) in [5, 5.41) is 9.02. The summed E-state index contributed by atoms with van der Waals surface area (Å²) in [5.41, 5.74) is 0.894. The molecule has 0 heterocycles. The van der Waals surface area contributed by atoms with Crippen LogP contribution in [0.2, 0.25) is 0 Å². The van der Waals surface area contributed by atoms with Gasteiger partial charge < -0.3 is 14.7 Å². The maximum Gasteiger partial charge on any atom is 0.326 e. The second kappa shape index (κ2) is 6.13. The highest BCUT2D eigenvalue weighted by molar-refractivity contribution is 5.77. The Hall–Kier alpha value is -1.71. The molecule has 0 fully saturated rings. The van der Waals surface area contributed by atoms with Gasteiger partial charge in [-0.05, 0) is 45.0 Å². The molecule has 4 nitrogen and oxygen atoms in total. The Morgan fingerprint density at radius 2 is 1.94 bits per heavy atom. The van der Waals surface area contributed by atoms with Crippen LogP contribution in [0.15, 0.2) is 24.3 Å². The summed E-state index contributed by atoms with van der Waals surface area (Å²) >= 11 is 0. The predicted octanol–water partition coefficient (Wildman–Crippen LogP) is 2.38. The van der Waals surface area contributed by atoms with Gasteiger partial charge in [-0.15, -0.1) is 0 Å². The van der Waals surface area contributed by atoms with Crippen LogP contribution in [0.25, 0.3) is 0 Å². The molecule has 0 aliphatic heterocycles. The zero-order valence-electron chi connectivity index (χ0n) is 10.5. The van der Waals surface area contributed by atoms with E-state index in [-0.39, 0.29) is 0 Å². The number of carbonyl (C=O) groups is 1. The van der Waals surface area contributed by atoms with Crippen LogP contribution in [-0.4, -0.2) is 30.3 Å². The third-order valence-electron chi connectivity index (χ3n) is 2.64. The number of ether oxygens (including phenoxy) is 1. The fourth-order valence-electron chi connectivity index (χ4n) is 1.71. The van der Waals surface area contributed by atoms with E-state index in [4.69, 9.17) is 9.84 Å². The van der Waals surface area contributed by atoms with Gasteiger partial charge in [-0.3, -0.25) is 0 Å². The largest absolute Gasteiger partial charge is 0.494 e. The van der Waals surface area contributed by atoms with E-state index in [1.165, 1.54) is 0 Å². The van der Waals surface area contributed by atoms with Crippen molar-refractivity contribution < 1.29 is 14.6 Å². The molecule has 1 atom stereocenters. The van der Waals surface area contributed by atoms with E-state index < -0.39 is 12.0 Å². The van der Waals surface area contributed by atoms with Crippen molar-refractivity contribution in [2.24, 2.45) is 0 Å². The van der Waals surface area contributed by atoms with E-state index in [2.05, 4.69) is 0 Å². The number of anilines is 1. The lowest BCUT2D eigenvalue weighted by molar-refractivity contribution is -0.138. The van der Waals surface area contributed by atoms with Crippen LogP contribution in [0.1, 0.15) is 20.8 Å². The minimum absolute atomic E-state index is 0.530. The van der Waals surface area contributed by atoms with Crippen molar-refractivity contribution >= 4 is 11.7 Å². The van der Waals surface area contributed by atoms with Crippen molar-refractivity contribution in [3.63, 3.8) is 0 Å². The Balaban J connectivity index is 2.85. The van der Waals surface area contributed by atoms with Gasteiger partial charge in [-0.25, -0.2) is 4.79 Å². The second-order valence-corrected chi connectivity index (χ2v) is 3.73. The van der Waals surface area contributed by atoms with Gasteiger partial charge in [0.15, 0.2) is 0 Å². The molecule has 4 heteroatoms. The van der Waals surface area contributed by atoms with E-state index in [1.54, 1.807) is 6.92 Å². The average Bonchev–Trinajstić information content (AvgIpc) is 2.32. The zero-order valence-corrected chi connectivity index (χ0v) is 10.5. The maximum atomic E-state index is 11.0. The van der Waals surface area contributed by atoms with E-state index in [1.807, 2.05) is 43.0 Å². The summed E-state index contributed by atoms with van der Waals surface area (Å²) < 4.78 is 5.35. The van der Waals surface area contributed by atoms with Gasteiger partial charge in [0.2, 0.25) is 0 Å². The molecule has 0 radical (unpaired) electrons. The topological polar surface area (TPSA) is 49.8 Å². The lowest BCUT2D eigenvalue weighted by Crippen LogP contribution is -2.38. The zero-order chi connectivity index (χ0) is 12.8. The Labute approximate surface area is 102 Å². The smallest absolute Gasteiger partial charge is 0.326 e. The number of nitrogens with zero attached hydrogens (tertiary/aromatic N) is 1. The molecule has 0 aliphatic rings. The quantitative estimate of drug-likeness (QED) is 0.825. The number of benzene rings is 1. The van der Waals surface area contributed by atoms with Crippen molar-refractivity contribution in [2.45, 2.75) is 26.8 Å². The van der Waals surface area contributed by atoms with Gasteiger partial charge in [0, 0.05) is 12.2 Å². The first-order valence-corrected chi connectivity index (χ1v) is 5.82. The molecule has 17 heavy (non-hydrogen) atoms. The number of carboxylic acid groups (broad SMARTS) is 1. The van der Waals surface area contributed by atoms with Gasteiger partial charge in [0.05, 0.1) is 6.61 Å². The SMILES string of the molecule is CCOc1ccc(N(CC)[C@H](C)C(=O)O)cc1. The molecule has 0 bridgehead atoms. The highest BCUT2D eigenvalue weighted by Crippen LogP contribution is 2.21. The first-order valence-electron chi connectivity index (χ1n) is 5.82. The Kier molecular flexibility index (Phi) is 4.82. The lowest BCUT2D eigenvalue weighted by Gasteiger charge is -2.27. The van der Waals surface area contributed by atoms with Crippen LogP contribution in [0.5, 0.6) is 5.75 Å². The van der Waals surface area contributed by atoms with Crippen molar-refractivity contribution in [1.82, 2.24) is 0 Å². The molecule has 1 aromatic rings. The van der Waals surface area contributed by atoms with Crippen LogP contribution >= 0.6 is 0 Å². The summed E-state index contributed by atoms with van der Waals surface area (Å²) in [6, 6.07) is 6.95. The average molecular weight is 237 g/mol. The Morgan fingerprint density at radius 1 is 1.35 bits per heavy atom. The van der Waals surface area contributed by atoms with Crippen molar-refractivity contribution in [3.8, 4) is 5.75 Å². The maximum absolute atomic E-state index is 11.0. The number of hydrogen-bond acceptors (Lipinski definition) is 3. The first-order chi connectivity index (χ1) is 8.10. The van der Waals surface area contributed by atoms with Crippen LogP contribution in [0.3, 0.4) is 0 Å². The van der Waals surface area contributed by atoms with E-state index in [9.17, 15) is 4.79 Å². The number of hydrogen-bond donors (Lipinski definition) is 1. The molecule has 0 amide bonds. The van der Waals surface area contributed by atoms with Gasteiger partial charge in [0.25, 0.3) is 0 Å². The van der Waals surface area contributed by atoms with E-state index in [0.29, 0.717) is 13.2 Å². The summed E-state index contributed by atoms with van der Waals surface area (Å²) in [4.78, 5) is 12.8. The highest BCUT2D eigenvalue weighted by Gasteiger charge is 2.19. The van der Waals surface area contributed by atoms with Crippen LogP contribution < -0.4 is 9.64 Å². The number of rotatable bonds is 6. The van der Waals surface area contributed by atoms with Crippen LogP contribution in [-0.2, 0) is 4.79 Å². The third-order valence-corrected chi connectivity index (χ3v) is 2.64. The fourth-order valence-corrected chi connectivity index (χ4v) is 1.71. The molecule has 94 valence electrons. The second-order valence-electron chi connectivity index (χ2n) is 3.73. The van der Waals surface area contributed by atoms with Crippen LogP contribution in [0.4, 0.5) is 5.69 Å². The van der Waals surface area contributed by atoms with Crippen LogP contribution in [0, 0.1) is 0 Å². The van der Waals surface area contributed by atoms with Crippen molar-refractivity contribution in [3.05, 3.63) is 24.3 Å². The standard InChI is InChI=1S/C13H19NO3/c1-4-14(10(3)13(15)16)11-6-8-12(9-7-11)17-5-2/h6-10H,4-5H2,1-3H3,(H,15,16)/t10-/m1/s1. The molecule has 0 aromatic heterocycles. The van der Waals surface area contributed by atoms with E-state index in [0.717, 1.165) is 11.4 Å². The normalized spacial score (nSPS) is 11.9. The fraction of sp³-hybridized carbons (Fsp3) is 0.462. The molecule has 1 aromatic carbocycles. The summed E-state index contributed by atoms with van der Waals surface area (Å²) in [7, 11) is 0. The first kappa shape index (κ1) is 13.4. The third kappa shape index (κ3) is 3.37. The lowest BCUT2D eigenvalue weighted by atomic mass is 10.2. The molecule has 0 saturated carbocycles. The molecular weight excluding hydrogens is 218 g/mol. The molecule has 0 aliphatic carbocycles. The highest BCUT2D eigenvalue weighted by atomic mass is 16.5. The Morgan fingerprint density at radius 3 is 2.35 bits per heavy atom. The number of aliphatic carboxylic acids is 1. The summed E-state index contributed by atoms with van der Waals surface area (Å²) in [6.07, 6.45) is 0. The molecule has 0 spiro atoms. The van der Waals surface area contributed by atoms with Gasteiger partial charge >= 0.3 is 5.97 Å². The van der Waals surface area contributed by atoms with E-state index >= 15 is 0 Å². The van der Waals surface area contributed by atoms with Gasteiger partial charge in [0.1, 0.15) is 11.8 Å². The summed E-state index contributed by atoms with van der Waals surface area (Å²) in [5.74, 6) is -0.0176.